The second-order valence-electron chi connectivity index (χ2n) is 5.51. The number of benzene rings is 1. The molecule has 1 nitrogen and oxygen atoms in total. The van der Waals surface area contributed by atoms with Crippen LogP contribution in [-0.2, 0) is 6.42 Å². The van der Waals surface area contributed by atoms with Crippen molar-refractivity contribution < 1.29 is 0 Å². The molecule has 94 valence electrons. The molecule has 1 aromatic carbocycles. The standard InChI is InChI=1S/C15H22BrN/c1-11-3-8-15(9-11)17-12(2)10-13-4-6-14(16)7-5-13/h4-7,11-12,15,17H,3,8-10H2,1-2H3. The first-order valence-corrected chi connectivity index (χ1v) is 7.43. The van der Waals surface area contributed by atoms with E-state index in [0.29, 0.717) is 6.04 Å². The molecule has 0 aromatic heterocycles. The van der Waals surface area contributed by atoms with Gasteiger partial charge in [-0.05, 0) is 56.2 Å². The number of hydrogen-bond donors (Lipinski definition) is 1. The first kappa shape index (κ1) is 13.1. The molecule has 0 amide bonds. The molecule has 0 saturated heterocycles. The van der Waals surface area contributed by atoms with Gasteiger partial charge in [-0.25, -0.2) is 0 Å². The minimum absolute atomic E-state index is 0.575. The average molecular weight is 296 g/mol. The van der Waals surface area contributed by atoms with Crippen molar-refractivity contribution in [2.24, 2.45) is 5.92 Å². The molecule has 3 atom stereocenters. The van der Waals surface area contributed by atoms with Gasteiger partial charge in [0, 0.05) is 16.6 Å². The van der Waals surface area contributed by atoms with Crippen LogP contribution in [-0.4, -0.2) is 12.1 Å². The van der Waals surface area contributed by atoms with Crippen molar-refractivity contribution in [2.75, 3.05) is 0 Å². The van der Waals surface area contributed by atoms with Crippen molar-refractivity contribution in [2.45, 2.75) is 51.6 Å². The van der Waals surface area contributed by atoms with Crippen LogP contribution >= 0.6 is 15.9 Å². The highest BCUT2D eigenvalue weighted by molar-refractivity contribution is 9.10. The topological polar surface area (TPSA) is 12.0 Å². The smallest absolute Gasteiger partial charge is 0.0175 e. The van der Waals surface area contributed by atoms with E-state index in [2.05, 4.69) is 59.4 Å². The van der Waals surface area contributed by atoms with Gasteiger partial charge in [-0.15, -0.1) is 0 Å². The van der Waals surface area contributed by atoms with Crippen molar-refractivity contribution in [1.82, 2.24) is 5.32 Å². The van der Waals surface area contributed by atoms with Gasteiger partial charge in [-0.2, -0.15) is 0 Å². The van der Waals surface area contributed by atoms with Crippen LogP contribution in [0.3, 0.4) is 0 Å². The maximum absolute atomic E-state index is 3.76. The molecule has 3 unspecified atom stereocenters. The highest BCUT2D eigenvalue weighted by Gasteiger charge is 2.22. The third kappa shape index (κ3) is 4.11. The zero-order valence-electron chi connectivity index (χ0n) is 10.7. The largest absolute Gasteiger partial charge is 0.311 e. The molecular formula is C15H22BrN. The summed E-state index contributed by atoms with van der Waals surface area (Å²) in [5, 5.41) is 3.76. The van der Waals surface area contributed by atoms with Crippen LogP contribution in [0.1, 0.15) is 38.7 Å². The molecule has 0 bridgehead atoms. The van der Waals surface area contributed by atoms with Crippen LogP contribution in [0.5, 0.6) is 0 Å². The molecule has 0 heterocycles. The summed E-state index contributed by atoms with van der Waals surface area (Å²) in [4.78, 5) is 0. The molecule has 1 aromatic rings. The lowest BCUT2D eigenvalue weighted by Gasteiger charge is -2.19. The Kier molecular flexibility index (Phi) is 4.63. The quantitative estimate of drug-likeness (QED) is 0.879. The summed E-state index contributed by atoms with van der Waals surface area (Å²) in [6.07, 6.45) is 5.22. The molecule has 1 aliphatic carbocycles. The predicted octanol–water partition coefficient (Wildman–Crippen LogP) is 4.16. The van der Waals surface area contributed by atoms with Gasteiger partial charge in [0.05, 0.1) is 0 Å². The monoisotopic (exact) mass is 295 g/mol. The summed E-state index contributed by atoms with van der Waals surface area (Å²) in [5.74, 6) is 0.910. The molecule has 0 spiro atoms. The molecule has 1 fully saturated rings. The number of nitrogens with one attached hydrogen (secondary N) is 1. The summed E-state index contributed by atoms with van der Waals surface area (Å²) >= 11 is 3.47. The van der Waals surface area contributed by atoms with Gasteiger partial charge >= 0.3 is 0 Å². The molecule has 1 aliphatic rings. The SMILES string of the molecule is CC1CCC(NC(C)Cc2ccc(Br)cc2)C1. The Morgan fingerprint density at radius 3 is 2.59 bits per heavy atom. The summed E-state index contributed by atoms with van der Waals surface area (Å²) in [5.41, 5.74) is 1.42. The lowest BCUT2D eigenvalue weighted by Crippen LogP contribution is -2.36. The van der Waals surface area contributed by atoms with E-state index in [-0.39, 0.29) is 0 Å². The number of rotatable bonds is 4. The Balaban J connectivity index is 1.80. The molecule has 17 heavy (non-hydrogen) atoms. The molecule has 1 N–H and O–H groups in total. The van der Waals surface area contributed by atoms with E-state index in [4.69, 9.17) is 0 Å². The first-order chi connectivity index (χ1) is 8.13. The van der Waals surface area contributed by atoms with Crippen molar-refractivity contribution in [3.63, 3.8) is 0 Å². The van der Waals surface area contributed by atoms with Crippen molar-refractivity contribution in [1.29, 1.82) is 0 Å². The van der Waals surface area contributed by atoms with Gasteiger partial charge in [-0.3, -0.25) is 0 Å². The molecular weight excluding hydrogens is 274 g/mol. The first-order valence-electron chi connectivity index (χ1n) is 6.64. The average Bonchev–Trinajstić information content (AvgIpc) is 2.67. The van der Waals surface area contributed by atoms with Crippen LogP contribution in [0, 0.1) is 5.92 Å². The van der Waals surface area contributed by atoms with E-state index in [1.165, 1.54) is 24.8 Å². The van der Waals surface area contributed by atoms with Gasteiger partial charge in [0.2, 0.25) is 0 Å². The Labute approximate surface area is 113 Å². The Bertz CT molecular complexity index is 346. The molecule has 2 rings (SSSR count). The molecule has 0 radical (unpaired) electrons. The van der Waals surface area contributed by atoms with Crippen molar-refractivity contribution >= 4 is 15.9 Å². The Hall–Kier alpha value is -0.340. The van der Waals surface area contributed by atoms with E-state index >= 15 is 0 Å². The van der Waals surface area contributed by atoms with Crippen LogP contribution in [0.15, 0.2) is 28.7 Å². The molecule has 2 heteroatoms. The van der Waals surface area contributed by atoms with Crippen LogP contribution in [0.25, 0.3) is 0 Å². The number of hydrogen-bond acceptors (Lipinski definition) is 1. The molecule has 1 saturated carbocycles. The highest BCUT2D eigenvalue weighted by atomic mass is 79.9. The van der Waals surface area contributed by atoms with Gasteiger partial charge in [0.1, 0.15) is 0 Å². The Morgan fingerprint density at radius 2 is 2.00 bits per heavy atom. The maximum Gasteiger partial charge on any atom is 0.0175 e. The van der Waals surface area contributed by atoms with E-state index in [0.717, 1.165) is 22.9 Å². The zero-order valence-corrected chi connectivity index (χ0v) is 12.3. The zero-order chi connectivity index (χ0) is 12.3. The van der Waals surface area contributed by atoms with Gasteiger partial charge in [-0.1, -0.05) is 35.0 Å². The van der Waals surface area contributed by atoms with E-state index < -0.39 is 0 Å². The fourth-order valence-electron chi connectivity index (χ4n) is 2.79. The van der Waals surface area contributed by atoms with Gasteiger partial charge < -0.3 is 5.32 Å². The fraction of sp³-hybridized carbons (Fsp3) is 0.600. The minimum atomic E-state index is 0.575. The van der Waals surface area contributed by atoms with E-state index in [1.54, 1.807) is 0 Å². The van der Waals surface area contributed by atoms with Gasteiger partial charge in [0.15, 0.2) is 0 Å². The lowest BCUT2D eigenvalue weighted by molar-refractivity contribution is 0.438. The van der Waals surface area contributed by atoms with Crippen LogP contribution in [0.4, 0.5) is 0 Å². The summed E-state index contributed by atoms with van der Waals surface area (Å²) in [6, 6.07) is 9.99. The highest BCUT2D eigenvalue weighted by Crippen LogP contribution is 2.25. The fourth-order valence-corrected chi connectivity index (χ4v) is 3.06. The normalized spacial score (nSPS) is 26.1. The third-order valence-electron chi connectivity index (χ3n) is 3.67. The van der Waals surface area contributed by atoms with E-state index in [1.807, 2.05) is 0 Å². The predicted molar refractivity (Wildman–Crippen MR) is 77.2 cm³/mol. The van der Waals surface area contributed by atoms with Gasteiger partial charge in [0.25, 0.3) is 0 Å². The van der Waals surface area contributed by atoms with Crippen molar-refractivity contribution in [3.05, 3.63) is 34.3 Å². The second-order valence-corrected chi connectivity index (χ2v) is 6.43. The second kappa shape index (κ2) is 6.01. The Morgan fingerprint density at radius 1 is 1.29 bits per heavy atom. The lowest BCUT2D eigenvalue weighted by atomic mass is 10.1. The van der Waals surface area contributed by atoms with Crippen LogP contribution in [0.2, 0.25) is 0 Å². The minimum Gasteiger partial charge on any atom is -0.311 e. The molecule has 0 aliphatic heterocycles. The van der Waals surface area contributed by atoms with E-state index in [9.17, 15) is 0 Å². The summed E-state index contributed by atoms with van der Waals surface area (Å²) in [7, 11) is 0. The number of halogens is 1. The summed E-state index contributed by atoms with van der Waals surface area (Å²) in [6.45, 7) is 4.66. The summed E-state index contributed by atoms with van der Waals surface area (Å²) < 4.78 is 1.16. The van der Waals surface area contributed by atoms with Crippen LogP contribution < -0.4 is 5.32 Å². The van der Waals surface area contributed by atoms with Crippen molar-refractivity contribution in [3.8, 4) is 0 Å². The third-order valence-corrected chi connectivity index (χ3v) is 4.20. The maximum atomic E-state index is 3.76.